The lowest BCUT2D eigenvalue weighted by molar-refractivity contribution is 0.669. The number of alkyl halides is 1. The summed E-state index contributed by atoms with van der Waals surface area (Å²) in [5.74, 6) is 0. The predicted octanol–water partition coefficient (Wildman–Crippen LogP) is 6.44. The summed E-state index contributed by atoms with van der Waals surface area (Å²) in [7, 11) is 0. The minimum Gasteiger partial charge on any atom is -0.456 e. The first-order chi connectivity index (χ1) is 10.2. The summed E-state index contributed by atoms with van der Waals surface area (Å²) in [5.41, 5.74) is 4.49. The molecular formula is C18H13BrOS. The Kier molecular flexibility index (Phi) is 3.12. The second-order valence-corrected chi connectivity index (χ2v) is 7.05. The minimum absolute atomic E-state index is 0.232. The molecule has 2 aromatic carbocycles. The molecule has 0 aliphatic rings. The molecule has 1 unspecified atom stereocenters. The standard InChI is InChI=1S/C18H13BrOS/c1-11-8-9-21-18(11)17(19)12-6-7-16-14(10-12)13-4-2-3-5-15(13)20-16/h2-10,17H,1H3. The zero-order valence-corrected chi connectivity index (χ0v) is 13.9. The topological polar surface area (TPSA) is 13.1 Å². The molecule has 4 rings (SSSR count). The van der Waals surface area contributed by atoms with Crippen LogP contribution >= 0.6 is 27.3 Å². The van der Waals surface area contributed by atoms with E-state index in [1.807, 2.05) is 12.1 Å². The van der Waals surface area contributed by atoms with E-state index in [-0.39, 0.29) is 4.83 Å². The number of hydrogen-bond acceptors (Lipinski definition) is 2. The van der Waals surface area contributed by atoms with Gasteiger partial charge in [-0.15, -0.1) is 11.3 Å². The van der Waals surface area contributed by atoms with Gasteiger partial charge in [0.1, 0.15) is 11.2 Å². The monoisotopic (exact) mass is 356 g/mol. The van der Waals surface area contributed by atoms with Gasteiger partial charge in [0.2, 0.25) is 0 Å². The van der Waals surface area contributed by atoms with Gasteiger partial charge in [0.15, 0.2) is 0 Å². The van der Waals surface area contributed by atoms with E-state index in [2.05, 4.69) is 64.6 Å². The van der Waals surface area contributed by atoms with E-state index in [0.717, 1.165) is 11.2 Å². The Balaban J connectivity index is 1.90. The van der Waals surface area contributed by atoms with Crippen LogP contribution in [0.15, 0.2) is 58.3 Å². The largest absolute Gasteiger partial charge is 0.456 e. The Bertz CT molecular complexity index is 935. The molecule has 0 saturated carbocycles. The summed E-state index contributed by atoms with van der Waals surface area (Å²) in [6, 6.07) is 16.8. The quantitative estimate of drug-likeness (QED) is 0.376. The highest BCUT2D eigenvalue weighted by molar-refractivity contribution is 9.09. The number of fused-ring (bicyclic) bond motifs is 3. The van der Waals surface area contributed by atoms with E-state index in [4.69, 9.17) is 4.42 Å². The van der Waals surface area contributed by atoms with Crippen molar-refractivity contribution >= 4 is 49.2 Å². The van der Waals surface area contributed by atoms with Crippen LogP contribution in [0.4, 0.5) is 0 Å². The van der Waals surface area contributed by atoms with Crippen molar-refractivity contribution in [1.29, 1.82) is 0 Å². The lowest BCUT2D eigenvalue weighted by atomic mass is 10.1. The van der Waals surface area contributed by atoms with E-state index < -0.39 is 0 Å². The van der Waals surface area contributed by atoms with Gasteiger partial charge in [-0.05, 0) is 47.7 Å². The Morgan fingerprint density at radius 1 is 1.00 bits per heavy atom. The average Bonchev–Trinajstić information content (AvgIpc) is 3.09. The Labute approximate surface area is 135 Å². The number of rotatable bonds is 2. The highest BCUT2D eigenvalue weighted by atomic mass is 79.9. The molecule has 0 bridgehead atoms. The van der Waals surface area contributed by atoms with Crippen molar-refractivity contribution in [3.05, 3.63) is 69.9 Å². The third-order valence-corrected chi connectivity index (χ3v) is 6.20. The highest BCUT2D eigenvalue weighted by Gasteiger charge is 2.16. The normalized spacial score (nSPS) is 13.0. The number of hydrogen-bond donors (Lipinski definition) is 0. The van der Waals surface area contributed by atoms with Gasteiger partial charge in [0.05, 0.1) is 4.83 Å². The molecule has 0 amide bonds. The van der Waals surface area contributed by atoms with E-state index in [1.165, 1.54) is 26.8 Å². The molecule has 0 aliphatic heterocycles. The van der Waals surface area contributed by atoms with Gasteiger partial charge < -0.3 is 4.42 Å². The maximum absolute atomic E-state index is 5.89. The molecule has 4 aromatic rings. The van der Waals surface area contributed by atoms with Crippen molar-refractivity contribution in [2.24, 2.45) is 0 Å². The second kappa shape index (κ2) is 5.00. The lowest BCUT2D eigenvalue weighted by Gasteiger charge is -2.09. The number of aryl methyl sites for hydroxylation is 1. The summed E-state index contributed by atoms with van der Waals surface area (Å²) >= 11 is 5.64. The fourth-order valence-corrected chi connectivity index (χ4v) is 4.59. The highest BCUT2D eigenvalue weighted by Crippen LogP contribution is 2.38. The van der Waals surface area contributed by atoms with E-state index >= 15 is 0 Å². The van der Waals surface area contributed by atoms with Crippen LogP contribution in [0.5, 0.6) is 0 Å². The number of thiophene rings is 1. The van der Waals surface area contributed by atoms with Crippen LogP contribution in [0.1, 0.15) is 20.8 Å². The molecule has 3 heteroatoms. The zero-order valence-electron chi connectivity index (χ0n) is 11.5. The second-order valence-electron chi connectivity index (χ2n) is 5.18. The molecule has 1 atom stereocenters. The van der Waals surface area contributed by atoms with Crippen LogP contribution in [0.3, 0.4) is 0 Å². The Morgan fingerprint density at radius 3 is 2.62 bits per heavy atom. The first-order valence-electron chi connectivity index (χ1n) is 6.83. The van der Waals surface area contributed by atoms with Gasteiger partial charge in [-0.1, -0.05) is 40.2 Å². The number of halogens is 1. The van der Waals surface area contributed by atoms with Crippen LogP contribution in [0, 0.1) is 6.92 Å². The average molecular weight is 357 g/mol. The summed E-state index contributed by atoms with van der Waals surface area (Å²) in [4.78, 5) is 1.60. The SMILES string of the molecule is Cc1ccsc1C(Br)c1ccc2oc3ccccc3c2c1. The van der Waals surface area contributed by atoms with Gasteiger partial charge in [0.25, 0.3) is 0 Å². The van der Waals surface area contributed by atoms with Crippen molar-refractivity contribution in [2.45, 2.75) is 11.8 Å². The van der Waals surface area contributed by atoms with E-state index in [0.29, 0.717) is 0 Å². The first kappa shape index (κ1) is 13.1. The number of para-hydroxylation sites is 1. The minimum atomic E-state index is 0.232. The first-order valence-corrected chi connectivity index (χ1v) is 8.63. The molecule has 0 aliphatic carbocycles. The fourth-order valence-electron chi connectivity index (χ4n) is 2.70. The fraction of sp³-hybridized carbons (Fsp3) is 0.111. The van der Waals surface area contributed by atoms with E-state index in [1.54, 1.807) is 11.3 Å². The Morgan fingerprint density at radius 2 is 1.81 bits per heavy atom. The van der Waals surface area contributed by atoms with Gasteiger partial charge in [-0.3, -0.25) is 0 Å². The molecule has 1 nitrogen and oxygen atoms in total. The third-order valence-electron chi connectivity index (χ3n) is 3.83. The van der Waals surface area contributed by atoms with Crippen molar-refractivity contribution in [1.82, 2.24) is 0 Å². The molecule has 0 fully saturated rings. The van der Waals surface area contributed by atoms with Gasteiger partial charge in [0, 0.05) is 15.6 Å². The zero-order chi connectivity index (χ0) is 14.4. The molecule has 2 aromatic heterocycles. The van der Waals surface area contributed by atoms with Crippen molar-refractivity contribution in [3.8, 4) is 0 Å². The lowest BCUT2D eigenvalue weighted by Crippen LogP contribution is -1.91. The number of furan rings is 1. The van der Waals surface area contributed by atoms with Gasteiger partial charge in [-0.25, -0.2) is 0 Å². The third kappa shape index (κ3) is 2.12. The summed E-state index contributed by atoms with van der Waals surface area (Å²) in [5, 5.41) is 4.50. The predicted molar refractivity (Wildman–Crippen MR) is 93.5 cm³/mol. The molecular weight excluding hydrogens is 344 g/mol. The van der Waals surface area contributed by atoms with E-state index in [9.17, 15) is 0 Å². The molecule has 0 saturated heterocycles. The van der Waals surface area contributed by atoms with Crippen molar-refractivity contribution < 1.29 is 4.42 Å². The summed E-state index contributed by atoms with van der Waals surface area (Å²) in [6.07, 6.45) is 0. The van der Waals surface area contributed by atoms with Crippen LogP contribution in [0.25, 0.3) is 21.9 Å². The number of benzene rings is 2. The van der Waals surface area contributed by atoms with Gasteiger partial charge >= 0.3 is 0 Å². The van der Waals surface area contributed by atoms with Crippen LogP contribution in [-0.2, 0) is 0 Å². The molecule has 104 valence electrons. The van der Waals surface area contributed by atoms with Crippen LogP contribution in [-0.4, -0.2) is 0 Å². The van der Waals surface area contributed by atoms with Gasteiger partial charge in [-0.2, -0.15) is 0 Å². The smallest absolute Gasteiger partial charge is 0.135 e. The molecule has 0 N–H and O–H groups in total. The maximum atomic E-state index is 5.89. The maximum Gasteiger partial charge on any atom is 0.135 e. The molecule has 21 heavy (non-hydrogen) atoms. The van der Waals surface area contributed by atoms with Crippen LogP contribution < -0.4 is 0 Å². The molecule has 0 radical (unpaired) electrons. The molecule has 0 spiro atoms. The summed E-state index contributed by atoms with van der Waals surface area (Å²) < 4.78 is 5.89. The Hall–Kier alpha value is -1.58. The van der Waals surface area contributed by atoms with Crippen molar-refractivity contribution in [2.75, 3.05) is 0 Å². The van der Waals surface area contributed by atoms with Crippen LogP contribution in [0.2, 0.25) is 0 Å². The summed E-state index contributed by atoms with van der Waals surface area (Å²) in [6.45, 7) is 2.16. The molecule has 2 heterocycles. The van der Waals surface area contributed by atoms with Crippen molar-refractivity contribution in [3.63, 3.8) is 0 Å².